The number of nitrogens with zero attached hydrogens (tertiary/aromatic N) is 1. The monoisotopic (exact) mass is 399 g/mol. The molecular weight excluding hydrogens is 370 g/mol. The molecule has 3 aromatic carbocycles. The van der Waals surface area contributed by atoms with Gasteiger partial charge in [-0.25, -0.2) is 0 Å². The number of benzene rings is 3. The minimum Gasteiger partial charge on any atom is -0.508 e. The van der Waals surface area contributed by atoms with Gasteiger partial charge in [0.25, 0.3) is 0 Å². The molecule has 1 saturated heterocycles. The van der Waals surface area contributed by atoms with Gasteiger partial charge in [-0.15, -0.1) is 0 Å². The van der Waals surface area contributed by atoms with Gasteiger partial charge < -0.3 is 14.7 Å². The van der Waals surface area contributed by atoms with E-state index in [2.05, 4.69) is 59.5 Å². The van der Waals surface area contributed by atoms with E-state index >= 15 is 0 Å². The van der Waals surface area contributed by atoms with Crippen LogP contribution in [0.2, 0.25) is 0 Å². The molecule has 0 saturated carbocycles. The van der Waals surface area contributed by atoms with E-state index in [1.165, 1.54) is 42.6 Å². The summed E-state index contributed by atoms with van der Waals surface area (Å²) in [5.74, 6) is 1.55. The lowest BCUT2D eigenvalue weighted by atomic mass is 9.75. The summed E-state index contributed by atoms with van der Waals surface area (Å²) in [4.78, 5) is 2.57. The summed E-state index contributed by atoms with van der Waals surface area (Å²) in [6, 6.07) is 25.2. The third-order valence-corrected chi connectivity index (χ3v) is 6.63. The van der Waals surface area contributed by atoms with Crippen molar-refractivity contribution in [2.45, 2.75) is 31.1 Å². The van der Waals surface area contributed by atoms with Gasteiger partial charge in [0, 0.05) is 23.9 Å². The lowest BCUT2D eigenvalue weighted by Gasteiger charge is -2.34. The number of phenols is 1. The Morgan fingerprint density at radius 3 is 2.40 bits per heavy atom. The van der Waals surface area contributed by atoms with Crippen molar-refractivity contribution in [3.63, 3.8) is 0 Å². The summed E-state index contributed by atoms with van der Waals surface area (Å²) in [7, 11) is 0. The fourth-order valence-corrected chi connectivity index (χ4v) is 4.99. The molecular formula is C27H29NO2. The average Bonchev–Trinajstić information content (AvgIpc) is 3.32. The molecule has 5 rings (SSSR count). The molecule has 0 aromatic heterocycles. The Kier molecular flexibility index (Phi) is 5.46. The van der Waals surface area contributed by atoms with E-state index in [0.717, 1.165) is 24.3 Å². The SMILES string of the molecule is Oc1ccc2c(c1)C(c1ccc(CCN3CCCC3)cc1)C(c1ccccc1)CO2. The zero-order valence-corrected chi connectivity index (χ0v) is 17.3. The molecule has 3 aromatic rings. The molecule has 2 aliphatic heterocycles. The number of hydrogen-bond acceptors (Lipinski definition) is 3. The number of likely N-dealkylation sites (tertiary alicyclic amines) is 1. The van der Waals surface area contributed by atoms with Gasteiger partial charge in [0.15, 0.2) is 0 Å². The standard InChI is InChI=1S/C27H29NO2/c29-23-12-13-26-24(18-23)27(25(19-30-26)21-6-2-1-3-7-21)22-10-8-20(9-11-22)14-17-28-15-4-5-16-28/h1-3,6-13,18,25,27,29H,4-5,14-17,19H2. The Labute approximate surface area is 178 Å². The lowest BCUT2D eigenvalue weighted by Crippen LogP contribution is -2.25. The van der Waals surface area contributed by atoms with Gasteiger partial charge in [-0.2, -0.15) is 0 Å². The highest BCUT2D eigenvalue weighted by Crippen LogP contribution is 2.46. The molecule has 0 amide bonds. The molecule has 0 spiro atoms. The summed E-state index contributed by atoms with van der Waals surface area (Å²) in [5, 5.41) is 10.2. The van der Waals surface area contributed by atoms with Crippen LogP contribution in [-0.4, -0.2) is 36.2 Å². The number of rotatable bonds is 5. The molecule has 1 N–H and O–H groups in total. The van der Waals surface area contributed by atoms with Gasteiger partial charge in [0.05, 0.1) is 6.61 Å². The molecule has 2 unspecified atom stereocenters. The van der Waals surface area contributed by atoms with Crippen molar-refractivity contribution >= 4 is 0 Å². The van der Waals surface area contributed by atoms with E-state index in [1.807, 2.05) is 12.1 Å². The van der Waals surface area contributed by atoms with Crippen molar-refractivity contribution in [3.8, 4) is 11.5 Å². The van der Waals surface area contributed by atoms with E-state index in [1.54, 1.807) is 6.07 Å². The van der Waals surface area contributed by atoms with Crippen molar-refractivity contribution < 1.29 is 9.84 Å². The largest absolute Gasteiger partial charge is 0.508 e. The molecule has 30 heavy (non-hydrogen) atoms. The number of aromatic hydroxyl groups is 1. The second-order valence-electron chi connectivity index (χ2n) is 8.57. The average molecular weight is 400 g/mol. The molecule has 1 fully saturated rings. The first-order valence-corrected chi connectivity index (χ1v) is 11.1. The van der Waals surface area contributed by atoms with Crippen molar-refractivity contribution in [2.24, 2.45) is 0 Å². The van der Waals surface area contributed by atoms with Crippen LogP contribution in [0, 0.1) is 0 Å². The van der Waals surface area contributed by atoms with Crippen LogP contribution in [0.15, 0.2) is 72.8 Å². The molecule has 2 aliphatic rings. The Hall–Kier alpha value is -2.78. The van der Waals surface area contributed by atoms with E-state index in [-0.39, 0.29) is 11.8 Å². The van der Waals surface area contributed by atoms with Crippen LogP contribution in [0.25, 0.3) is 0 Å². The molecule has 0 bridgehead atoms. The summed E-state index contributed by atoms with van der Waals surface area (Å²) < 4.78 is 6.10. The summed E-state index contributed by atoms with van der Waals surface area (Å²) >= 11 is 0. The Morgan fingerprint density at radius 1 is 0.867 bits per heavy atom. The number of phenolic OH excluding ortho intramolecular Hbond substituents is 1. The molecule has 0 aliphatic carbocycles. The minimum absolute atomic E-state index is 0.163. The second-order valence-corrected chi connectivity index (χ2v) is 8.57. The second kappa shape index (κ2) is 8.53. The fraction of sp³-hybridized carbons (Fsp3) is 0.333. The van der Waals surface area contributed by atoms with Crippen molar-refractivity contribution in [3.05, 3.63) is 95.1 Å². The van der Waals surface area contributed by atoms with Crippen LogP contribution in [-0.2, 0) is 6.42 Å². The van der Waals surface area contributed by atoms with Crippen LogP contribution in [0.5, 0.6) is 11.5 Å². The van der Waals surface area contributed by atoms with Gasteiger partial charge in [-0.05, 0) is 67.2 Å². The van der Waals surface area contributed by atoms with Crippen molar-refractivity contribution in [2.75, 3.05) is 26.2 Å². The normalized spacial score (nSPS) is 21.2. The van der Waals surface area contributed by atoms with E-state index in [4.69, 9.17) is 4.74 Å². The Bertz CT molecular complexity index is 978. The first-order valence-electron chi connectivity index (χ1n) is 11.1. The van der Waals surface area contributed by atoms with E-state index < -0.39 is 0 Å². The van der Waals surface area contributed by atoms with Gasteiger partial charge in [0.2, 0.25) is 0 Å². The highest BCUT2D eigenvalue weighted by molar-refractivity contribution is 5.50. The van der Waals surface area contributed by atoms with Gasteiger partial charge >= 0.3 is 0 Å². The maximum absolute atomic E-state index is 10.2. The zero-order valence-electron chi connectivity index (χ0n) is 17.3. The van der Waals surface area contributed by atoms with Gasteiger partial charge in [0.1, 0.15) is 11.5 Å². The van der Waals surface area contributed by atoms with E-state index in [0.29, 0.717) is 12.4 Å². The van der Waals surface area contributed by atoms with Gasteiger partial charge in [-0.3, -0.25) is 0 Å². The number of ether oxygens (including phenoxy) is 1. The van der Waals surface area contributed by atoms with Crippen LogP contribution < -0.4 is 4.74 Å². The topological polar surface area (TPSA) is 32.7 Å². The van der Waals surface area contributed by atoms with Crippen molar-refractivity contribution in [1.29, 1.82) is 0 Å². The van der Waals surface area contributed by atoms with Gasteiger partial charge in [-0.1, -0.05) is 54.6 Å². The number of hydrogen-bond donors (Lipinski definition) is 1. The van der Waals surface area contributed by atoms with Crippen LogP contribution >= 0.6 is 0 Å². The zero-order chi connectivity index (χ0) is 20.3. The predicted molar refractivity (Wildman–Crippen MR) is 120 cm³/mol. The summed E-state index contributed by atoms with van der Waals surface area (Å²) in [6.07, 6.45) is 3.79. The third kappa shape index (κ3) is 3.95. The highest BCUT2D eigenvalue weighted by Gasteiger charge is 2.33. The first kappa shape index (κ1) is 19.2. The van der Waals surface area contributed by atoms with E-state index in [9.17, 15) is 5.11 Å². The highest BCUT2D eigenvalue weighted by atomic mass is 16.5. The number of fused-ring (bicyclic) bond motifs is 1. The fourth-order valence-electron chi connectivity index (χ4n) is 4.99. The lowest BCUT2D eigenvalue weighted by molar-refractivity contribution is 0.248. The predicted octanol–water partition coefficient (Wildman–Crippen LogP) is 5.34. The smallest absolute Gasteiger partial charge is 0.123 e. The molecule has 3 nitrogen and oxygen atoms in total. The van der Waals surface area contributed by atoms with Crippen LogP contribution in [0.3, 0.4) is 0 Å². The quantitative estimate of drug-likeness (QED) is 0.629. The third-order valence-electron chi connectivity index (χ3n) is 6.63. The maximum Gasteiger partial charge on any atom is 0.123 e. The molecule has 2 atom stereocenters. The molecule has 0 radical (unpaired) electrons. The molecule has 2 heterocycles. The molecule has 154 valence electrons. The first-order chi connectivity index (χ1) is 14.8. The van der Waals surface area contributed by atoms with Crippen molar-refractivity contribution in [1.82, 2.24) is 4.90 Å². The van der Waals surface area contributed by atoms with Crippen LogP contribution in [0.1, 0.15) is 46.9 Å². The Morgan fingerprint density at radius 2 is 1.63 bits per heavy atom. The van der Waals surface area contributed by atoms with Crippen LogP contribution in [0.4, 0.5) is 0 Å². The molecule has 3 heteroatoms. The minimum atomic E-state index is 0.163. The summed E-state index contributed by atoms with van der Waals surface area (Å²) in [6.45, 7) is 4.29. The summed E-state index contributed by atoms with van der Waals surface area (Å²) in [5.41, 5.74) is 5.02. The Balaban J connectivity index is 1.45. The maximum atomic E-state index is 10.2.